The average molecular weight is 431 g/mol. The van der Waals surface area contributed by atoms with Gasteiger partial charge in [0.2, 0.25) is 17.6 Å². The highest BCUT2D eigenvalue weighted by atomic mass is 19.4. The number of likely N-dealkylation sites (tertiary alicyclic amines) is 1. The van der Waals surface area contributed by atoms with Crippen molar-refractivity contribution < 1.29 is 27.2 Å². The number of nitrogens with zero attached hydrogens (tertiary/aromatic N) is 3. The smallest absolute Gasteiger partial charge is 0.406 e. The van der Waals surface area contributed by atoms with Crippen LogP contribution in [-0.4, -0.2) is 40.4 Å². The van der Waals surface area contributed by atoms with E-state index in [-0.39, 0.29) is 29.8 Å². The third-order valence-electron chi connectivity index (χ3n) is 5.14. The Labute approximate surface area is 176 Å². The summed E-state index contributed by atoms with van der Waals surface area (Å²) in [5, 5.41) is 3.91. The lowest BCUT2D eigenvalue weighted by Crippen LogP contribution is -2.27. The van der Waals surface area contributed by atoms with Crippen LogP contribution in [0.4, 0.5) is 13.2 Å². The highest BCUT2D eigenvalue weighted by molar-refractivity contribution is 5.79. The Morgan fingerprint density at radius 1 is 1.13 bits per heavy atom. The van der Waals surface area contributed by atoms with Gasteiger partial charge in [-0.25, -0.2) is 0 Å². The van der Waals surface area contributed by atoms with Gasteiger partial charge in [-0.3, -0.25) is 4.79 Å². The quantitative estimate of drug-likeness (QED) is 0.575. The normalized spacial score (nSPS) is 16.7. The molecule has 31 heavy (non-hydrogen) atoms. The van der Waals surface area contributed by atoms with Crippen molar-refractivity contribution in [1.29, 1.82) is 0 Å². The van der Waals surface area contributed by atoms with E-state index in [2.05, 4.69) is 27.0 Å². The minimum Gasteiger partial charge on any atom is -0.406 e. The first-order valence-electron chi connectivity index (χ1n) is 9.80. The summed E-state index contributed by atoms with van der Waals surface area (Å²) >= 11 is 0. The van der Waals surface area contributed by atoms with Crippen LogP contribution in [0.15, 0.2) is 53.1 Å². The van der Waals surface area contributed by atoms with Gasteiger partial charge in [0.05, 0.1) is 5.92 Å². The summed E-state index contributed by atoms with van der Waals surface area (Å²) in [6.07, 6.45) is -3.70. The Kier molecular flexibility index (Phi) is 5.67. The maximum absolute atomic E-state index is 12.4. The van der Waals surface area contributed by atoms with Gasteiger partial charge in [0.15, 0.2) is 0 Å². The Morgan fingerprint density at radius 2 is 1.84 bits per heavy atom. The number of amides is 1. The number of benzene rings is 2. The number of aromatic nitrogens is 2. The SMILES string of the molecule is Cc1ccc(CCN2CC(c3nc(-c4ccc(OC(F)(F)F)cc4)no3)CC2=O)cc1. The molecule has 1 aliphatic rings. The van der Waals surface area contributed by atoms with Gasteiger partial charge in [-0.2, -0.15) is 4.98 Å². The predicted molar refractivity (Wildman–Crippen MR) is 105 cm³/mol. The maximum Gasteiger partial charge on any atom is 0.573 e. The van der Waals surface area contributed by atoms with Crippen LogP contribution >= 0.6 is 0 Å². The van der Waals surface area contributed by atoms with Gasteiger partial charge >= 0.3 is 6.36 Å². The third kappa shape index (κ3) is 5.22. The largest absolute Gasteiger partial charge is 0.573 e. The van der Waals surface area contributed by atoms with Crippen LogP contribution in [0, 0.1) is 6.92 Å². The number of ether oxygens (including phenoxy) is 1. The Morgan fingerprint density at radius 3 is 2.52 bits per heavy atom. The first-order chi connectivity index (χ1) is 14.8. The molecule has 0 bridgehead atoms. The molecule has 0 aliphatic carbocycles. The van der Waals surface area contributed by atoms with Crippen molar-refractivity contribution in [2.24, 2.45) is 0 Å². The molecule has 1 unspecified atom stereocenters. The summed E-state index contributed by atoms with van der Waals surface area (Å²) in [6.45, 7) is 3.13. The molecule has 9 heteroatoms. The van der Waals surface area contributed by atoms with E-state index in [1.165, 1.54) is 35.4 Å². The second kappa shape index (κ2) is 8.41. The molecular formula is C22H20F3N3O3. The molecule has 1 aromatic heterocycles. The topological polar surface area (TPSA) is 68.5 Å². The fourth-order valence-corrected chi connectivity index (χ4v) is 3.50. The lowest BCUT2D eigenvalue weighted by Gasteiger charge is -2.15. The molecule has 1 saturated heterocycles. The molecule has 0 radical (unpaired) electrons. The first kappa shape index (κ1) is 20.9. The fraction of sp³-hybridized carbons (Fsp3) is 0.318. The molecule has 2 aromatic carbocycles. The zero-order valence-corrected chi connectivity index (χ0v) is 16.7. The first-order valence-corrected chi connectivity index (χ1v) is 9.80. The molecule has 0 N–H and O–H groups in total. The highest BCUT2D eigenvalue weighted by Gasteiger charge is 2.34. The Balaban J connectivity index is 1.37. The number of halogens is 3. The van der Waals surface area contributed by atoms with Gasteiger partial charge in [-0.1, -0.05) is 35.0 Å². The van der Waals surface area contributed by atoms with Crippen LogP contribution in [0.25, 0.3) is 11.4 Å². The molecular weight excluding hydrogens is 411 g/mol. The van der Waals surface area contributed by atoms with Gasteiger partial charge in [0.1, 0.15) is 5.75 Å². The minimum absolute atomic E-state index is 0.0329. The van der Waals surface area contributed by atoms with E-state index in [4.69, 9.17) is 4.52 Å². The van der Waals surface area contributed by atoms with E-state index in [1.54, 1.807) is 4.90 Å². The summed E-state index contributed by atoms with van der Waals surface area (Å²) in [5.41, 5.74) is 2.85. The molecule has 162 valence electrons. The van der Waals surface area contributed by atoms with Gasteiger partial charge < -0.3 is 14.2 Å². The molecule has 0 saturated carbocycles. The summed E-state index contributed by atoms with van der Waals surface area (Å²) in [4.78, 5) is 18.5. The van der Waals surface area contributed by atoms with E-state index < -0.39 is 6.36 Å². The van der Waals surface area contributed by atoms with Gasteiger partial charge in [-0.15, -0.1) is 13.2 Å². The van der Waals surface area contributed by atoms with Crippen LogP contribution in [0.2, 0.25) is 0 Å². The van der Waals surface area contributed by atoms with Crippen LogP contribution in [0.5, 0.6) is 5.75 Å². The van der Waals surface area contributed by atoms with Gasteiger partial charge in [-0.05, 0) is 43.2 Å². The summed E-state index contributed by atoms with van der Waals surface area (Å²) < 4.78 is 46.0. The standard InChI is InChI=1S/C22H20F3N3O3/c1-14-2-4-15(5-3-14)10-11-28-13-17(12-19(28)29)21-26-20(27-31-21)16-6-8-18(9-7-16)30-22(23,24)25/h2-9,17H,10-13H2,1H3. The third-order valence-corrected chi connectivity index (χ3v) is 5.14. The zero-order valence-electron chi connectivity index (χ0n) is 16.7. The van der Waals surface area contributed by atoms with E-state index in [9.17, 15) is 18.0 Å². The van der Waals surface area contributed by atoms with Crippen molar-refractivity contribution in [3.05, 3.63) is 65.5 Å². The van der Waals surface area contributed by atoms with Gasteiger partial charge in [0.25, 0.3) is 0 Å². The van der Waals surface area contributed by atoms with E-state index in [0.717, 1.165) is 6.42 Å². The van der Waals surface area contributed by atoms with Crippen LogP contribution in [0.1, 0.15) is 29.4 Å². The van der Waals surface area contributed by atoms with Crippen LogP contribution < -0.4 is 4.74 Å². The summed E-state index contributed by atoms with van der Waals surface area (Å²) in [6, 6.07) is 13.4. The number of carbonyl (C=O) groups is 1. The van der Waals surface area contributed by atoms with Crippen molar-refractivity contribution in [3.8, 4) is 17.1 Å². The van der Waals surface area contributed by atoms with Crippen molar-refractivity contribution in [3.63, 3.8) is 0 Å². The van der Waals surface area contributed by atoms with Crippen LogP contribution in [-0.2, 0) is 11.2 Å². The lowest BCUT2D eigenvalue weighted by molar-refractivity contribution is -0.274. The molecule has 1 atom stereocenters. The molecule has 0 spiro atoms. The number of hydrogen-bond acceptors (Lipinski definition) is 5. The zero-order chi connectivity index (χ0) is 22.0. The molecule has 1 aliphatic heterocycles. The van der Waals surface area contributed by atoms with Crippen LogP contribution in [0.3, 0.4) is 0 Å². The molecule has 1 fully saturated rings. The molecule has 4 rings (SSSR count). The predicted octanol–water partition coefficient (Wildman–Crippen LogP) is 4.50. The Hall–Kier alpha value is -3.36. The Bertz CT molecular complexity index is 1050. The van der Waals surface area contributed by atoms with E-state index in [1.807, 2.05) is 19.1 Å². The van der Waals surface area contributed by atoms with Crippen molar-refractivity contribution in [1.82, 2.24) is 15.0 Å². The van der Waals surface area contributed by atoms with Crippen molar-refractivity contribution in [2.45, 2.75) is 32.0 Å². The van der Waals surface area contributed by atoms with E-state index in [0.29, 0.717) is 24.5 Å². The second-order valence-corrected chi connectivity index (χ2v) is 7.50. The maximum atomic E-state index is 12.4. The number of aryl methyl sites for hydroxylation is 1. The van der Waals surface area contributed by atoms with Gasteiger partial charge in [0, 0.05) is 25.1 Å². The molecule has 1 amide bonds. The fourth-order valence-electron chi connectivity index (χ4n) is 3.50. The van der Waals surface area contributed by atoms with Crippen molar-refractivity contribution in [2.75, 3.05) is 13.1 Å². The summed E-state index contributed by atoms with van der Waals surface area (Å²) in [5.74, 6) is 0.0895. The lowest BCUT2D eigenvalue weighted by atomic mass is 10.1. The highest BCUT2D eigenvalue weighted by Crippen LogP contribution is 2.30. The molecule has 3 aromatic rings. The average Bonchev–Trinajstić information content (AvgIpc) is 3.34. The molecule has 2 heterocycles. The number of carbonyl (C=O) groups excluding carboxylic acids is 1. The minimum atomic E-state index is -4.75. The van der Waals surface area contributed by atoms with Crippen molar-refractivity contribution >= 4 is 5.91 Å². The van der Waals surface area contributed by atoms with E-state index >= 15 is 0 Å². The monoisotopic (exact) mass is 431 g/mol. The summed E-state index contributed by atoms with van der Waals surface area (Å²) in [7, 11) is 0. The number of hydrogen-bond donors (Lipinski definition) is 0. The number of alkyl halides is 3. The number of rotatable bonds is 6. The molecule has 6 nitrogen and oxygen atoms in total. The second-order valence-electron chi connectivity index (χ2n) is 7.50.